The van der Waals surface area contributed by atoms with Crippen LogP contribution < -0.4 is 15.0 Å². The molecule has 0 aliphatic heterocycles. The molecule has 2 amide bonds. The first-order valence-electron chi connectivity index (χ1n) is 7.57. The molecule has 7 heteroatoms. The van der Waals surface area contributed by atoms with Crippen molar-refractivity contribution in [3.8, 4) is 5.75 Å². The van der Waals surface area contributed by atoms with Crippen LogP contribution in [0.25, 0.3) is 0 Å². The Morgan fingerprint density at radius 1 is 1.16 bits per heavy atom. The van der Waals surface area contributed by atoms with E-state index < -0.39 is 0 Å². The highest BCUT2D eigenvalue weighted by atomic mass is 35.5. The number of nitrogens with zero attached hydrogens (tertiary/aromatic N) is 1. The molecule has 0 spiro atoms. The van der Waals surface area contributed by atoms with Crippen molar-refractivity contribution < 1.29 is 14.3 Å². The summed E-state index contributed by atoms with van der Waals surface area (Å²) in [7, 11) is 1.52. The highest BCUT2D eigenvalue weighted by molar-refractivity contribution is 6.32. The lowest BCUT2D eigenvalue weighted by molar-refractivity contribution is -0.117. The molecule has 2 aromatic rings. The number of amides is 2. The van der Waals surface area contributed by atoms with E-state index in [4.69, 9.17) is 27.9 Å². The van der Waals surface area contributed by atoms with E-state index in [1.807, 2.05) is 0 Å². The molecular weight excluding hydrogens is 363 g/mol. The van der Waals surface area contributed by atoms with E-state index in [2.05, 4.69) is 5.32 Å². The lowest BCUT2D eigenvalue weighted by atomic mass is 10.2. The van der Waals surface area contributed by atoms with Gasteiger partial charge < -0.3 is 15.0 Å². The van der Waals surface area contributed by atoms with Crippen LogP contribution in [-0.2, 0) is 9.59 Å². The third kappa shape index (κ3) is 5.37. The van der Waals surface area contributed by atoms with E-state index >= 15 is 0 Å². The predicted molar refractivity (Wildman–Crippen MR) is 101 cm³/mol. The van der Waals surface area contributed by atoms with Crippen LogP contribution in [0.3, 0.4) is 0 Å². The quantitative estimate of drug-likeness (QED) is 0.808. The van der Waals surface area contributed by atoms with Gasteiger partial charge in [-0.05, 0) is 36.4 Å². The van der Waals surface area contributed by atoms with Crippen molar-refractivity contribution in [2.75, 3.05) is 23.9 Å². The molecule has 0 aliphatic carbocycles. The second-order valence-electron chi connectivity index (χ2n) is 5.30. The number of ether oxygens (including phenoxy) is 1. The topological polar surface area (TPSA) is 58.6 Å². The van der Waals surface area contributed by atoms with Crippen LogP contribution in [0, 0.1) is 0 Å². The molecule has 2 rings (SSSR count). The standard InChI is InChI=1S/C18H18Cl2N2O3/c1-12(23)22(15-6-7-17(25-2)16(20)11-15)9-8-18(24)21-14-5-3-4-13(19)10-14/h3-7,10-11H,8-9H2,1-2H3,(H,21,24). The molecule has 0 radical (unpaired) electrons. The van der Waals surface area contributed by atoms with Crippen molar-refractivity contribution in [2.45, 2.75) is 13.3 Å². The van der Waals surface area contributed by atoms with Gasteiger partial charge in [-0.2, -0.15) is 0 Å². The van der Waals surface area contributed by atoms with E-state index in [-0.39, 0.29) is 24.8 Å². The molecule has 0 bridgehead atoms. The van der Waals surface area contributed by atoms with Crippen LogP contribution in [0.1, 0.15) is 13.3 Å². The number of carbonyl (C=O) groups excluding carboxylic acids is 2. The molecule has 0 fully saturated rings. The number of anilines is 2. The molecule has 0 unspecified atom stereocenters. The van der Waals surface area contributed by atoms with E-state index in [1.54, 1.807) is 42.5 Å². The molecule has 0 saturated heterocycles. The van der Waals surface area contributed by atoms with Crippen molar-refractivity contribution in [3.63, 3.8) is 0 Å². The summed E-state index contributed by atoms with van der Waals surface area (Å²) < 4.78 is 5.10. The maximum absolute atomic E-state index is 12.1. The van der Waals surface area contributed by atoms with Crippen molar-refractivity contribution in [2.24, 2.45) is 0 Å². The van der Waals surface area contributed by atoms with Crippen LogP contribution in [-0.4, -0.2) is 25.5 Å². The van der Waals surface area contributed by atoms with E-state index in [1.165, 1.54) is 18.9 Å². The highest BCUT2D eigenvalue weighted by Crippen LogP contribution is 2.29. The zero-order chi connectivity index (χ0) is 18.4. The van der Waals surface area contributed by atoms with Crippen molar-refractivity contribution >= 4 is 46.4 Å². The summed E-state index contributed by atoms with van der Waals surface area (Å²) in [5.41, 5.74) is 1.22. The van der Waals surface area contributed by atoms with Gasteiger partial charge in [0.2, 0.25) is 11.8 Å². The number of benzene rings is 2. The fraction of sp³-hybridized carbons (Fsp3) is 0.222. The minimum absolute atomic E-state index is 0.135. The van der Waals surface area contributed by atoms with Gasteiger partial charge in [-0.3, -0.25) is 9.59 Å². The van der Waals surface area contributed by atoms with Gasteiger partial charge in [-0.15, -0.1) is 0 Å². The van der Waals surface area contributed by atoms with Gasteiger partial charge in [0.25, 0.3) is 0 Å². The summed E-state index contributed by atoms with van der Waals surface area (Å²) in [5.74, 6) is 0.123. The van der Waals surface area contributed by atoms with Crippen molar-refractivity contribution in [3.05, 3.63) is 52.5 Å². The number of hydrogen-bond donors (Lipinski definition) is 1. The van der Waals surface area contributed by atoms with Gasteiger partial charge in [0.15, 0.2) is 0 Å². The second-order valence-corrected chi connectivity index (χ2v) is 6.14. The minimum Gasteiger partial charge on any atom is -0.495 e. The highest BCUT2D eigenvalue weighted by Gasteiger charge is 2.15. The molecule has 0 aromatic heterocycles. The zero-order valence-corrected chi connectivity index (χ0v) is 15.4. The summed E-state index contributed by atoms with van der Waals surface area (Å²) in [6, 6.07) is 11.9. The van der Waals surface area contributed by atoms with Gasteiger partial charge in [0.05, 0.1) is 12.1 Å². The van der Waals surface area contributed by atoms with Gasteiger partial charge in [0.1, 0.15) is 5.75 Å². The first-order chi connectivity index (χ1) is 11.9. The lowest BCUT2D eigenvalue weighted by Gasteiger charge is -2.21. The van der Waals surface area contributed by atoms with Crippen LogP contribution in [0.2, 0.25) is 10.0 Å². The minimum atomic E-state index is -0.215. The largest absolute Gasteiger partial charge is 0.495 e. The molecule has 0 heterocycles. The summed E-state index contributed by atoms with van der Waals surface area (Å²) in [5, 5.41) is 3.69. The molecule has 2 aromatic carbocycles. The number of hydrogen-bond acceptors (Lipinski definition) is 3. The maximum Gasteiger partial charge on any atom is 0.226 e. The Hall–Kier alpha value is -2.24. The predicted octanol–water partition coefficient (Wildman–Crippen LogP) is 4.38. The molecule has 5 nitrogen and oxygen atoms in total. The Kier molecular flexibility index (Phi) is 6.67. The number of methoxy groups -OCH3 is 1. The average molecular weight is 381 g/mol. The molecule has 0 atom stereocenters. The van der Waals surface area contributed by atoms with Crippen LogP contribution in [0.5, 0.6) is 5.75 Å². The van der Waals surface area contributed by atoms with Crippen LogP contribution in [0.15, 0.2) is 42.5 Å². The van der Waals surface area contributed by atoms with Crippen LogP contribution in [0.4, 0.5) is 11.4 Å². The van der Waals surface area contributed by atoms with Crippen molar-refractivity contribution in [1.82, 2.24) is 0 Å². The fourth-order valence-electron chi connectivity index (χ4n) is 2.29. The third-order valence-electron chi connectivity index (χ3n) is 3.50. The smallest absolute Gasteiger partial charge is 0.226 e. The first-order valence-corrected chi connectivity index (χ1v) is 8.33. The fourth-order valence-corrected chi connectivity index (χ4v) is 2.74. The third-order valence-corrected chi connectivity index (χ3v) is 4.03. The lowest BCUT2D eigenvalue weighted by Crippen LogP contribution is -2.31. The van der Waals surface area contributed by atoms with E-state index in [0.29, 0.717) is 27.2 Å². The number of halogens is 2. The zero-order valence-electron chi connectivity index (χ0n) is 13.9. The molecule has 0 saturated carbocycles. The number of carbonyl (C=O) groups is 2. The molecule has 1 N–H and O–H groups in total. The number of nitrogens with one attached hydrogen (secondary N) is 1. The Morgan fingerprint density at radius 2 is 1.92 bits per heavy atom. The first kappa shape index (κ1) is 19.1. The van der Waals surface area contributed by atoms with Gasteiger partial charge in [-0.25, -0.2) is 0 Å². The Labute approximate surface area is 156 Å². The summed E-state index contributed by atoms with van der Waals surface area (Å²) in [6.07, 6.45) is 0.135. The Bertz CT molecular complexity index is 781. The van der Waals surface area contributed by atoms with E-state index in [9.17, 15) is 9.59 Å². The van der Waals surface area contributed by atoms with Crippen LogP contribution >= 0.6 is 23.2 Å². The number of rotatable bonds is 6. The molecule has 0 aliphatic rings. The normalized spacial score (nSPS) is 10.2. The second kappa shape index (κ2) is 8.74. The van der Waals surface area contributed by atoms with Gasteiger partial charge in [-0.1, -0.05) is 29.3 Å². The summed E-state index contributed by atoms with van der Waals surface area (Å²) in [4.78, 5) is 25.5. The van der Waals surface area contributed by atoms with E-state index in [0.717, 1.165) is 0 Å². The molecular formula is C18H18Cl2N2O3. The molecule has 25 heavy (non-hydrogen) atoms. The maximum atomic E-state index is 12.1. The molecule has 132 valence electrons. The average Bonchev–Trinajstić information content (AvgIpc) is 2.55. The van der Waals surface area contributed by atoms with Crippen molar-refractivity contribution in [1.29, 1.82) is 0 Å². The summed E-state index contributed by atoms with van der Waals surface area (Å²) in [6.45, 7) is 1.66. The SMILES string of the molecule is COc1ccc(N(CCC(=O)Nc2cccc(Cl)c2)C(C)=O)cc1Cl. The monoisotopic (exact) mass is 380 g/mol. The van der Waals surface area contributed by atoms with Gasteiger partial charge in [0, 0.05) is 36.3 Å². The Morgan fingerprint density at radius 3 is 2.52 bits per heavy atom. The van der Waals surface area contributed by atoms with Gasteiger partial charge >= 0.3 is 0 Å². The summed E-state index contributed by atoms with van der Waals surface area (Å²) >= 11 is 12.0. The Balaban J connectivity index is 2.03.